The van der Waals surface area contributed by atoms with E-state index in [0.29, 0.717) is 18.1 Å². The third-order valence-corrected chi connectivity index (χ3v) is 6.08. The molecule has 2 aromatic carbocycles. The maximum Gasteiger partial charge on any atom is 0.276 e. The summed E-state index contributed by atoms with van der Waals surface area (Å²) in [7, 11) is -2.26. The molecule has 0 aliphatic carbocycles. The average Bonchev–Trinajstić information content (AvgIpc) is 3.38. The van der Waals surface area contributed by atoms with Crippen molar-refractivity contribution in [3.05, 3.63) is 96.0 Å². The molecule has 36 heavy (non-hydrogen) atoms. The van der Waals surface area contributed by atoms with Gasteiger partial charge >= 0.3 is 0 Å². The second-order valence-electron chi connectivity index (χ2n) is 7.88. The van der Waals surface area contributed by atoms with Crippen LogP contribution in [0.4, 0.5) is 15.8 Å². The number of carbonyl (C=O) groups is 1. The Balaban J connectivity index is 1.78. The second kappa shape index (κ2) is 10.6. The van der Waals surface area contributed by atoms with E-state index in [1.54, 1.807) is 42.3 Å². The summed E-state index contributed by atoms with van der Waals surface area (Å²) in [5.74, 6) is -0.157. The maximum atomic E-state index is 14.2. The van der Waals surface area contributed by atoms with Crippen molar-refractivity contribution < 1.29 is 26.8 Å². The number of para-hydroxylation sites is 1. The molecule has 4 aromatic rings. The molecule has 1 amide bonds. The van der Waals surface area contributed by atoms with Gasteiger partial charge in [-0.15, -0.1) is 0 Å². The maximum absolute atomic E-state index is 14.2. The fourth-order valence-electron chi connectivity index (χ4n) is 3.45. The van der Waals surface area contributed by atoms with Crippen molar-refractivity contribution in [3.8, 4) is 5.75 Å². The van der Waals surface area contributed by atoms with Crippen LogP contribution in [0.25, 0.3) is 0 Å². The van der Waals surface area contributed by atoms with Crippen molar-refractivity contribution in [1.29, 1.82) is 0 Å². The number of carbonyl (C=O) groups excluding carboxylic acids is 1. The highest BCUT2D eigenvalue weighted by molar-refractivity contribution is 7.90. The zero-order chi connectivity index (χ0) is 25.7. The lowest BCUT2D eigenvalue weighted by Gasteiger charge is -2.25. The molecule has 0 radical (unpaired) electrons. The number of nitrogens with one attached hydrogen (secondary N) is 1. The smallest absolute Gasteiger partial charge is 0.276 e. The van der Waals surface area contributed by atoms with Gasteiger partial charge in [0.05, 0.1) is 37.5 Å². The van der Waals surface area contributed by atoms with Crippen LogP contribution in [0.2, 0.25) is 0 Å². The van der Waals surface area contributed by atoms with Crippen LogP contribution in [0, 0.1) is 5.82 Å². The molecule has 0 bridgehead atoms. The van der Waals surface area contributed by atoms with E-state index in [1.807, 2.05) is 12.1 Å². The largest absolute Gasteiger partial charge is 0.497 e. The Morgan fingerprint density at radius 3 is 2.47 bits per heavy atom. The number of benzene rings is 2. The van der Waals surface area contributed by atoms with E-state index < -0.39 is 26.7 Å². The number of ether oxygens (including phenoxy) is 1. The highest BCUT2D eigenvalue weighted by atomic mass is 32.2. The monoisotopic (exact) mass is 510 g/mol. The predicted octanol–water partition coefficient (Wildman–Crippen LogP) is 4.08. The summed E-state index contributed by atoms with van der Waals surface area (Å²) in [6, 6.07) is 16.5. The molecule has 9 nitrogen and oxygen atoms in total. The number of sulfone groups is 1. The molecule has 4 rings (SSSR count). The van der Waals surface area contributed by atoms with Gasteiger partial charge in [-0.05, 0) is 42.0 Å². The lowest BCUT2D eigenvalue weighted by Crippen LogP contribution is -2.27. The number of hydrogen-bond donors (Lipinski definition) is 1. The van der Waals surface area contributed by atoms with E-state index >= 15 is 0 Å². The third kappa shape index (κ3) is 5.87. The molecule has 2 heterocycles. The van der Waals surface area contributed by atoms with Crippen molar-refractivity contribution in [1.82, 2.24) is 9.97 Å². The van der Waals surface area contributed by atoms with Gasteiger partial charge in [-0.2, -0.15) is 0 Å². The van der Waals surface area contributed by atoms with Gasteiger partial charge in [-0.25, -0.2) is 22.8 Å². The van der Waals surface area contributed by atoms with Crippen LogP contribution in [-0.2, 0) is 22.9 Å². The van der Waals surface area contributed by atoms with Gasteiger partial charge in [0.25, 0.3) is 5.91 Å². The molecule has 0 fully saturated rings. The Morgan fingerprint density at radius 2 is 1.83 bits per heavy atom. The van der Waals surface area contributed by atoms with Crippen LogP contribution in [0.3, 0.4) is 0 Å². The normalized spacial score (nSPS) is 11.2. The minimum absolute atomic E-state index is 0.0688. The highest BCUT2D eigenvalue weighted by Gasteiger charge is 2.25. The number of anilines is 2. The fraction of sp³-hybridized carbons (Fsp3) is 0.160. The highest BCUT2D eigenvalue weighted by Crippen LogP contribution is 2.26. The minimum Gasteiger partial charge on any atom is -0.497 e. The predicted molar refractivity (Wildman–Crippen MR) is 131 cm³/mol. The zero-order valence-electron chi connectivity index (χ0n) is 19.5. The third-order valence-electron chi connectivity index (χ3n) is 5.22. The van der Waals surface area contributed by atoms with E-state index in [9.17, 15) is 17.6 Å². The molecule has 11 heteroatoms. The molecular formula is C25H23FN4O5S. The number of rotatable bonds is 9. The van der Waals surface area contributed by atoms with Crippen molar-refractivity contribution in [2.24, 2.45) is 0 Å². The molecule has 186 valence electrons. The Kier molecular flexibility index (Phi) is 7.30. The van der Waals surface area contributed by atoms with E-state index in [0.717, 1.165) is 11.8 Å². The number of halogens is 1. The number of nitrogens with zero attached hydrogens (tertiary/aromatic N) is 3. The first-order valence-electron chi connectivity index (χ1n) is 10.8. The summed E-state index contributed by atoms with van der Waals surface area (Å²) in [5.41, 5.74) is 0.813. The molecule has 0 saturated heterocycles. The average molecular weight is 511 g/mol. The quantitative estimate of drug-likeness (QED) is 0.335. The SMILES string of the molecule is COc1ccc(CN(Cc2ccco2)c2cnc(S(C)(=O)=O)nc2C(=O)Nc2ccccc2F)cc1. The number of methoxy groups -OCH3 is 1. The van der Waals surface area contributed by atoms with Crippen LogP contribution in [0.5, 0.6) is 5.75 Å². The van der Waals surface area contributed by atoms with Gasteiger partial charge < -0.3 is 19.4 Å². The van der Waals surface area contributed by atoms with Crippen LogP contribution in [0.1, 0.15) is 21.8 Å². The lowest BCUT2D eigenvalue weighted by atomic mass is 10.1. The number of amides is 1. The molecule has 0 saturated carbocycles. The fourth-order valence-corrected chi connectivity index (χ4v) is 3.95. The summed E-state index contributed by atoms with van der Waals surface area (Å²) in [4.78, 5) is 23.1. The Morgan fingerprint density at radius 1 is 1.08 bits per heavy atom. The molecular weight excluding hydrogens is 487 g/mol. The van der Waals surface area contributed by atoms with Crippen molar-refractivity contribution >= 4 is 27.1 Å². The topological polar surface area (TPSA) is 115 Å². The van der Waals surface area contributed by atoms with Crippen molar-refractivity contribution in [2.75, 3.05) is 23.6 Å². The van der Waals surface area contributed by atoms with E-state index in [4.69, 9.17) is 9.15 Å². The molecule has 0 unspecified atom stereocenters. The lowest BCUT2D eigenvalue weighted by molar-refractivity contribution is 0.102. The van der Waals surface area contributed by atoms with Crippen LogP contribution < -0.4 is 15.0 Å². The number of hydrogen-bond acceptors (Lipinski definition) is 8. The molecule has 1 N–H and O–H groups in total. The van der Waals surface area contributed by atoms with E-state index in [1.165, 1.54) is 30.7 Å². The summed E-state index contributed by atoms with van der Waals surface area (Å²) >= 11 is 0. The first-order chi connectivity index (χ1) is 17.2. The first kappa shape index (κ1) is 24.9. The summed E-state index contributed by atoms with van der Waals surface area (Å²) < 4.78 is 49.2. The van der Waals surface area contributed by atoms with Crippen molar-refractivity contribution in [3.63, 3.8) is 0 Å². The van der Waals surface area contributed by atoms with Crippen molar-refractivity contribution in [2.45, 2.75) is 18.2 Å². The van der Waals surface area contributed by atoms with Gasteiger partial charge in [-0.3, -0.25) is 4.79 Å². The van der Waals surface area contributed by atoms with E-state index in [2.05, 4.69) is 15.3 Å². The first-order valence-corrected chi connectivity index (χ1v) is 12.7. The summed E-state index contributed by atoms with van der Waals surface area (Å²) in [5, 5.41) is 1.95. The van der Waals surface area contributed by atoms with Crippen LogP contribution in [0.15, 0.2) is 82.7 Å². The molecule has 0 spiro atoms. The molecule has 0 aliphatic heterocycles. The van der Waals surface area contributed by atoms with Gasteiger partial charge in [0.15, 0.2) is 5.69 Å². The number of aromatic nitrogens is 2. The zero-order valence-corrected chi connectivity index (χ0v) is 20.3. The van der Waals surface area contributed by atoms with Gasteiger partial charge in [0.2, 0.25) is 15.0 Å². The minimum atomic E-state index is -3.83. The van der Waals surface area contributed by atoms with Gasteiger partial charge in [0.1, 0.15) is 17.3 Å². The van der Waals surface area contributed by atoms with Gasteiger partial charge in [-0.1, -0.05) is 24.3 Å². The molecule has 0 aliphatic rings. The van der Waals surface area contributed by atoms with Crippen LogP contribution >= 0.6 is 0 Å². The summed E-state index contributed by atoms with van der Waals surface area (Å²) in [6.45, 7) is 0.521. The van der Waals surface area contributed by atoms with Gasteiger partial charge in [0, 0.05) is 12.8 Å². The Hall–Kier alpha value is -4.25. The summed E-state index contributed by atoms with van der Waals surface area (Å²) in [6.07, 6.45) is 3.74. The standard InChI is InChI=1S/C25H23FN4O5S/c1-34-18-11-9-17(10-12-18)15-30(16-19-6-5-13-35-19)22-14-27-25(36(2,32)33)29-23(22)24(31)28-21-8-4-3-7-20(21)26/h3-14H,15-16H2,1-2H3,(H,28,31). The van der Waals surface area contributed by atoms with Crippen LogP contribution in [-0.4, -0.2) is 37.7 Å². The van der Waals surface area contributed by atoms with E-state index in [-0.39, 0.29) is 23.6 Å². The molecule has 0 atom stereocenters. The second-order valence-corrected chi connectivity index (χ2v) is 9.79. The Bertz CT molecular complexity index is 1460. The molecule has 2 aromatic heterocycles. The number of furan rings is 1. The Labute approximate surface area is 207 Å².